The van der Waals surface area contributed by atoms with Crippen molar-refractivity contribution in [3.05, 3.63) is 69.8 Å². The molecule has 0 bridgehead atoms. The Kier molecular flexibility index (Phi) is 6.78. The third-order valence-electron chi connectivity index (χ3n) is 3.76. The van der Waals surface area contributed by atoms with Crippen molar-refractivity contribution in [2.45, 2.75) is 19.6 Å². The third kappa shape index (κ3) is 4.98. The molecule has 0 aliphatic heterocycles. The lowest BCUT2D eigenvalue weighted by atomic mass is 10.1. The van der Waals surface area contributed by atoms with Gasteiger partial charge in [0.05, 0.1) is 4.92 Å². The van der Waals surface area contributed by atoms with Crippen molar-refractivity contribution in [1.29, 1.82) is 0 Å². The summed E-state index contributed by atoms with van der Waals surface area (Å²) in [6.45, 7) is 1.58. The minimum Gasteiger partial charge on any atom is -0.480 e. The number of anilines is 1. The monoisotopic (exact) mass is 390 g/mol. The molecule has 0 saturated carbocycles. The molecule has 0 aromatic heterocycles. The summed E-state index contributed by atoms with van der Waals surface area (Å²) in [5.41, 5.74) is 0.770. The second-order valence-electron chi connectivity index (χ2n) is 5.70. The lowest BCUT2D eigenvalue weighted by Crippen LogP contribution is -2.47. The highest BCUT2D eigenvalue weighted by Crippen LogP contribution is 2.32. The molecule has 0 heterocycles. The van der Waals surface area contributed by atoms with Crippen LogP contribution in [-0.4, -0.2) is 33.9 Å². The number of aliphatic carboxylic acids is 1. The summed E-state index contributed by atoms with van der Waals surface area (Å²) in [6.07, 6.45) is -1.01. The van der Waals surface area contributed by atoms with Crippen LogP contribution in [0.5, 0.6) is 0 Å². The summed E-state index contributed by atoms with van der Waals surface area (Å²) in [5.74, 6) is -1.60. The number of amides is 1. The molecule has 1 atom stereocenters. The van der Waals surface area contributed by atoms with Gasteiger partial charge in [0, 0.05) is 11.8 Å². The van der Waals surface area contributed by atoms with Crippen molar-refractivity contribution in [1.82, 2.24) is 0 Å². The van der Waals surface area contributed by atoms with Crippen LogP contribution < -0.4 is 4.90 Å². The molecule has 142 valence electrons. The molecule has 1 amide bonds. The van der Waals surface area contributed by atoms with E-state index in [4.69, 9.17) is 4.74 Å². The van der Waals surface area contributed by atoms with Gasteiger partial charge in [-0.1, -0.05) is 36.4 Å². The number of aryl methyl sites for hydroxylation is 1. The van der Waals surface area contributed by atoms with Crippen molar-refractivity contribution in [3.8, 4) is 0 Å². The fourth-order valence-electron chi connectivity index (χ4n) is 2.43. The van der Waals surface area contributed by atoms with Crippen LogP contribution in [0.15, 0.2) is 48.5 Å². The van der Waals surface area contributed by atoms with E-state index < -0.39 is 28.7 Å². The van der Waals surface area contributed by atoms with Crippen molar-refractivity contribution < 1.29 is 24.4 Å². The first-order valence-corrected chi connectivity index (χ1v) is 8.57. The first-order valence-electron chi connectivity index (χ1n) is 7.93. The maximum atomic E-state index is 12.7. The first kappa shape index (κ1) is 20.2. The molecule has 27 heavy (non-hydrogen) atoms. The third-order valence-corrected chi connectivity index (χ3v) is 4.10. The molecule has 0 spiro atoms. The van der Waals surface area contributed by atoms with Crippen LogP contribution in [0, 0.1) is 17.0 Å². The molecule has 0 unspecified atom stereocenters. The Hall–Kier alpha value is -3.07. The summed E-state index contributed by atoms with van der Waals surface area (Å²) < 4.78 is 5.22. The molecular weight excluding hydrogens is 372 g/mol. The molecule has 1 N–H and O–H groups in total. The number of nitrogens with zero attached hydrogens (tertiary/aromatic N) is 2. The predicted octanol–water partition coefficient (Wildman–Crippen LogP) is 3.43. The summed E-state index contributed by atoms with van der Waals surface area (Å²) in [4.78, 5) is 35.8. The van der Waals surface area contributed by atoms with Gasteiger partial charge in [-0.3, -0.25) is 15.0 Å². The van der Waals surface area contributed by atoms with Crippen molar-refractivity contribution >= 4 is 36.1 Å². The van der Waals surface area contributed by atoms with Gasteiger partial charge in [0.15, 0.2) is 0 Å². The normalized spacial score (nSPS) is 11.5. The van der Waals surface area contributed by atoms with E-state index in [0.29, 0.717) is 11.1 Å². The summed E-state index contributed by atoms with van der Waals surface area (Å²) in [5, 5.41) is 20.9. The Bertz CT molecular complexity index is 843. The van der Waals surface area contributed by atoms with Gasteiger partial charge in [-0.25, -0.2) is 9.59 Å². The van der Waals surface area contributed by atoms with Crippen LogP contribution in [0.4, 0.5) is 16.2 Å². The topological polar surface area (TPSA) is 110 Å². The number of nitro groups is 1. The van der Waals surface area contributed by atoms with Crippen molar-refractivity contribution in [2.24, 2.45) is 0 Å². The SMILES string of the molecule is Cc1ccc([N+](=O)[O-])c(N(C(=O)OCc2ccccc2)[C@H](CS)C(=O)O)c1. The number of carbonyl (C=O) groups is 2. The fourth-order valence-corrected chi connectivity index (χ4v) is 2.75. The fraction of sp³-hybridized carbons (Fsp3) is 0.222. The molecular formula is C18H18N2O6S. The molecule has 0 aliphatic carbocycles. The second kappa shape index (κ2) is 9.04. The van der Waals surface area contributed by atoms with E-state index in [0.717, 1.165) is 4.90 Å². The highest BCUT2D eigenvalue weighted by Gasteiger charge is 2.35. The van der Waals surface area contributed by atoms with Crippen LogP contribution in [-0.2, 0) is 16.1 Å². The molecule has 0 aliphatic rings. The van der Waals surface area contributed by atoms with Crippen LogP contribution in [0.25, 0.3) is 0 Å². The van der Waals surface area contributed by atoms with Crippen molar-refractivity contribution in [2.75, 3.05) is 10.7 Å². The Labute approximate surface area is 160 Å². The first-order chi connectivity index (χ1) is 12.8. The Morgan fingerprint density at radius 3 is 2.48 bits per heavy atom. The molecule has 0 radical (unpaired) electrons. The van der Waals surface area contributed by atoms with E-state index in [2.05, 4.69) is 12.6 Å². The molecule has 0 saturated heterocycles. The van der Waals surface area contributed by atoms with E-state index in [1.165, 1.54) is 18.2 Å². The van der Waals surface area contributed by atoms with E-state index in [1.807, 2.05) is 0 Å². The maximum Gasteiger partial charge on any atom is 0.415 e. The summed E-state index contributed by atoms with van der Waals surface area (Å²) in [7, 11) is 0. The standard InChI is InChI=1S/C18H18N2O6S/c1-12-7-8-14(20(24)25)15(9-12)19(16(11-27)17(21)22)18(23)26-10-13-5-3-2-4-6-13/h2-9,16,27H,10-11H2,1H3,(H,21,22)/t16-/m1/s1. The Morgan fingerprint density at radius 1 is 1.26 bits per heavy atom. The highest BCUT2D eigenvalue weighted by atomic mass is 32.1. The number of carboxylic acid groups (broad SMARTS) is 1. The van der Waals surface area contributed by atoms with Gasteiger partial charge in [0.2, 0.25) is 0 Å². The number of ether oxygens (including phenoxy) is 1. The van der Waals surface area contributed by atoms with Gasteiger partial charge in [-0.05, 0) is 24.1 Å². The Morgan fingerprint density at radius 2 is 1.93 bits per heavy atom. The Balaban J connectivity index is 2.43. The molecule has 9 heteroatoms. The zero-order valence-electron chi connectivity index (χ0n) is 14.4. The number of thiol groups is 1. The van der Waals surface area contributed by atoms with Gasteiger partial charge >= 0.3 is 12.1 Å². The van der Waals surface area contributed by atoms with Crippen LogP contribution in [0.2, 0.25) is 0 Å². The number of carboxylic acids is 1. The maximum absolute atomic E-state index is 12.7. The molecule has 0 fully saturated rings. The van der Waals surface area contributed by atoms with Gasteiger partial charge in [-0.2, -0.15) is 12.6 Å². The van der Waals surface area contributed by atoms with E-state index in [1.54, 1.807) is 37.3 Å². The van der Waals surface area contributed by atoms with E-state index >= 15 is 0 Å². The predicted molar refractivity (Wildman–Crippen MR) is 102 cm³/mol. The average molecular weight is 390 g/mol. The number of benzene rings is 2. The molecule has 2 rings (SSSR count). The minimum absolute atomic E-state index is 0.102. The largest absolute Gasteiger partial charge is 0.480 e. The summed E-state index contributed by atoms with van der Waals surface area (Å²) in [6, 6.07) is 11.5. The van der Waals surface area contributed by atoms with Crippen LogP contribution >= 0.6 is 12.6 Å². The van der Waals surface area contributed by atoms with Gasteiger partial charge < -0.3 is 9.84 Å². The highest BCUT2D eigenvalue weighted by molar-refractivity contribution is 7.80. The lowest BCUT2D eigenvalue weighted by Gasteiger charge is -2.27. The number of rotatable bonds is 7. The zero-order chi connectivity index (χ0) is 20.0. The van der Waals surface area contributed by atoms with Gasteiger partial charge in [0.1, 0.15) is 18.3 Å². The van der Waals surface area contributed by atoms with E-state index in [-0.39, 0.29) is 18.0 Å². The van der Waals surface area contributed by atoms with E-state index in [9.17, 15) is 24.8 Å². The number of hydrogen-bond donors (Lipinski definition) is 2. The number of carbonyl (C=O) groups excluding carboxylic acids is 1. The van der Waals surface area contributed by atoms with Crippen LogP contribution in [0.1, 0.15) is 11.1 Å². The number of hydrogen-bond acceptors (Lipinski definition) is 6. The smallest absolute Gasteiger partial charge is 0.415 e. The average Bonchev–Trinajstić information content (AvgIpc) is 2.64. The summed E-state index contributed by atoms with van der Waals surface area (Å²) >= 11 is 3.99. The lowest BCUT2D eigenvalue weighted by molar-refractivity contribution is -0.384. The molecule has 2 aromatic carbocycles. The number of nitro benzene ring substituents is 1. The molecule has 2 aromatic rings. The van der Waals surface area contributed by atoms with Gasteiger partial charge in [-0.15, -0.1) is 0 Å². The molecule has 8 nitrogen and oxygen atoms in total. The quantitative estimate of drug-likeness (QED) is 0.426. The van der Waals surface area contributed by atoms with Crippen molar-refractivity contribution in [3.63, 3.8) is 0 Å². The minimum atomic E-state index is -1.43. The zero-order valence-corrected chi connectivity index (χ0v) is 15.3. The van der Waals surface area contributed by atoms with Crippen LogP contribution in [0.3, 0.4) is 0 Å². The second-order valence-corrected chi connectivity index (χ2v) is 6.06. The van der Waals surface area contributed by atoms with Gasteiger partial charge in [0.25, 0.3) is 5.69 Å².